The molecule has 2 atom stereocenters. The van der Waals surface area contributed by atoms with Crippen molar-refractivity contribution >= 4 is 23.2 Å². The maximum Gasteiger partial charge on any atom is 2.00 e. The van der Waals surface area contributed by atoms with Crippen LogP contribution in [0.4, 0.5) is 0 Å². The van der Waals surface area contributed by atoms with E-state index in [2.05, 4.69) is 33.7 Å². The van der Waals surface area contributed by atoms with Crippen LogP contribution in [0.1, 0.15) is 12.8 Å². The largest absolute Gasteiger partial charge is 2.00 e. The molecule has 2 heterocycles. The average Bonchev–Trinajstić information content (AvgIpc) is 2.40. The normalized spacial score (nSPS) is 33.1. The number of halogens is 2. The molecule has 2 saturated heterocycles. The first kappa shape index (κ1) is 20.0. The van der Waals surface area contributed by atoms with Gasteiger partial charge in [0.05, 0.1) is 0 Å². The average molecular weight is 378 g/mol. The maximum absolute atomic E-state index is 6.63. The van der Waals surface area contributed by atoms with Gasteiger partial charge < -0.3 is 14.7 Å². The summed E-state index contributed by atoms with van der Waals surface area (Å²) in [4.78, 5) is 9.54. The topological polar surface area (TPSA) is 13.0 Å². The predicted octanol–water partition coefficient (Wildman–Crippen LogP) is 1.39. The summed E-state index contributed by atoms with van der Waals surface area (Å²) in [6.45, 7) is 9.53. The fourth-order valence-electron chi connectivity index (χ4n) is 2.91. The number of alkyl halides is 2. The van der Waals surface area contributed by atoms with E-state index in [1.54, 1.807) is 0 Å². The van der Waals surface area contributed by atoms with Gasteiger partial charge in [-0.15, -0.1) is 0 Å². The fourth-order valence-corrected chi connectivity index (χ4v) is 3.42. The molecule has 0 aromatic rings. The third-order valence-electron chi connectivity index (χ3n) is 4.51. The molecule has 123 valence electrons. The van der Waals surface area contributed by atoms with E-state index < -0.39 is 4.46 Å². The fraction of sp³-hybridized carbons (Fsp3) is 1.00. The zero-order valence-corrected chi connectivity index (χ0v) is 15.9. The third-order valence-corrected chi connectivity index (χ3v) is 5.36. The van der Waals surface area contributed by atoms with Crippen molar-refractivity contribution in [3.05, 3.63) is 0 Å². The Morgan fingerprint density at radius 3 is 2.05 bits per heavy atom. The van der Waals surface area contributed by atoms with E-state index >= 15 is 0 Å². The Kier molecular flexibility index (Phi) is 8.84. The summed E-state index contributed by atoms with van der Waals surface area (Å²) in [6, 6.07) is 0. The van der Waals surface area contributed by atoms with Crippen molar-refractivity contribution < 1.29 is 17.1 Å². The predicted molar refractivity (Wildman–Crippen MR) is 86.7 cm³/mol. The molecular formula is C14H28Cl2MnN4+2. The molecule has 0 N–H and O–H groups in total. The van der Waals surface area contributed by atoms with Gasteiger partial charge >= 0.3 is 17.1 Å². The summed E-state index contributed by atoms with van der Waals surface area (Å²) in [5.74, 6) is 0. The molecule has 0 aromatic heterocycles. The summed E-state index contributed by atoms with van der Waals surface area (Å²) in [6.07, 6.45) is 2.05. The number of hydrogen-bond acceptors (Lipinski definition) is 4. The van der Waals surface area contributed by atoms with Gasteiger partial charge in [0.25, 0.3) is 0 Å². The Balaban J connectivity index is 0.00000220. The van der Waals surface area contributed by atoms with Crippen LogP contribution in [0.2, 0.25) is 0 Å². The smallest absolute Gasteiger partial charge is 0.305 e. The van der Waals surface area contributed by atoms with Gasteiger partial charge in [0.15, 0.2) is 4.46 Å². The zero-order valence-electron chi connectivity index (χ0n) is 13.2. The van der Waals surface area contributed by atoms with Crippen LogP contribution in [0.5, 0.6) is 0 Å². The van der Waals surface area contributed by atoms with Crippen molar-refractivity contribution in [2.45, 2.75) is 17.3 Å². The molecule has 0 aromatic carbocycles. The first-order valence-electron chi connectivity index (χ1n) is 7.70. The van der Waals surface area contributed by atoms with Crippen LogP contribution in [0, 0.1) is 0 Å². The van der Waals surface area contributed by atoms with Gasteiger partial charge in [0, 0.05) is 52.2 Å². The van der Waals surface area contributed by atoms with Crippen LogP contribution < -0.4 is 0 Å². The van der Waals surface area contributed by atoms with E-state index in [1.165, 1.54) is 13.0 Å². The number of nitrogens with zero attached hydrogens (tertiary/aromatic N) is 4. The molecule has 2 fully saturated rings. The van der Waals surface area contributed by atoms with E-state index in [-0.39, 0.29) is 17.1 Å². The van der Waals surface area contributed by atoms with Crippen LogP contribution in [-0.4, -0.2) is 97.1 Å². The molecule has 0 spiro atoms. The van der Waals surface area contributed by atoms with E-state index in [4.69, 9.17) is 23.2 Å². The van der Waals surface area contributed by atoms with Gasteiger partial charge in [-0.2, -0.15) is 0 Å². The first-order chi connectivity index (χ1) is 9.47. The molecule has 2 bridgehead atoms. The van der Waals surface area contributed by atoms with Crippen LogP contribution >= 0.6 is 23.2 Å². The van der Waals surface area contributed by atoms with E-state index in [0.29, 0.717) is 0 Å². The Labute approximate surface area is 150 Å². The quantitative estimate of drug-likeness (QED) is 0.359. The minimum atomic E-state index is -0.739. The SMILES string of the molecule is CN1CCCN2CCN(C)CCC(Cl)(Cl)N(CC1)CC2.[Mn+2]. The number of rotatable bonds is 0. The van der Waals surface area contributed by atoms with E-state index in [1.807, 2.05) is 0 Å². The molecule has 0 aliphatic carbocycles. The monoisotopic (exact) mass is 377 g/mol. The summed E-state index contributed by atoms with van der Waals surface area (Å²) in [7, 11) is 4.35. The second-order valence-electron chi connectivity index (χ2n) is 6.20. The summed E-state index contributed by atoms with van der Waals surface area (Å²) in [5, 5.41) is 0. The minimum Gasteiger partial charge on any atom is -0.305 e. The molecule has 2 unspecified atom stereocenters. The molecule has 7 heteroatoms. The van der Waals surface area contributed by atoms with Crippen LogP contribution in [0.25, 0.3) is 0 Å². The van der Waals surface area contributed by atoms with Gasteiger partial charge in [-0.1, -0.05) is 23.2 Å². The third kappa shape index (κ3) is 6.52. The van der Waals surface area contributed by atoms with Crippen molar-refractivity contribution in [1.82, 2.24) is 19.6 Å². The molecule has 2 aliphatic heterocycles. The van der Waals surface area contributed by atoms with Crippen molar-refractivity contribution in [3.63, 3.8) is 0 Å². The molecule has 1 radical (unpaired) electrons. The van der Waals surface area contributed by atoms with Crippen molar-refractivity contribution in [2.24, 2.45) is 0 Å². The van der Waals surface area contributed by atoms with Gasteiger partial charge in [0.2, 0.25) is 0 Å². The van der Waals surface area contributed by atoms with Crippen LogP contribution in [-0.2, 0) is 17.1 Å². The van der Waals surface area contributed by atoms with Crippen LogP contribution in [0.3, 0.4) is 0 Å². The molecule has 0 saturated carbocycles. The first-order valence-corrected chi connectivity index (χ1v) is 8.45. The Hall–Kier alpha value is 0.939. The van der Waals surface area contributed by atoms with Crippen LogP contribution in [0.15, 0.2) is 0 Å². The Morgan fingerprint density at radius 1 is 0.714 bits per heavy atom. The molecular weight excluding hydrogens is 350 g/mol. The molecule has 2 rings (SSSR count). The standard InChI is InChI=1S/C14H28Cl2N4.Mn/c1-17-5-3-6-19-10-8-18(2)7-4-14(15,16)20(12-9-17)13-11-19;/h3-13H2,1-2H3;/q;+2. The van der Waals surface area contributed by atoms with Gasteiger partial charge in [0.1, 0.15) is 0 Å². The molecule has 4 nitrogen and oxygen atoms in total. The molecule has 2 aliphatic rings. The van der Waals surface area contributed by atoms with Crippen molar-refractivity contribution in [2.75, 3.05) is 73.0 Å². The maximum atomic E-state index is 6.63. The summed E-state index contributed by atoms with van der Waals surface area (Å²) in [5.41, 5.74) is 0. The Morgan fingerprint density at radius 2 is 1.29 bits per heavy atom. The molecule has 0 amide bonds. The zero-order chi connectivity index (χ0) is 14.6. The van der Waals surface area contributed by atoms with Crippen molar-refractivity contribution in [1.29, 1.82) is 0 Å². The number of likely N-dealkylation sites (N-methyl/N-ethyl adjacent to an activating group) is 2. The second kappa shape index (κ2) is 9.29. The Bertz CT molecular complexity index is 307. The summed E-state index contributed by atoms with van der Waals surface area (Å²) >= 11 is 13.3. The van der Waals surface area contributed by atoms with Gasteiger partial charge in [-0.25, -0.2) is 0 Å². The second-order valence-corrected chi connectivity index (χ2v) is 7.65. The van der Waals surface area contributed by atoms with Gasteiger partial charge in [-0.05, 0) is 33.6 Å². The van der Waals surface area contributed by atoms with Crippen molar-refractivity contribution in [3.8, 4) is 0 Å². The number of hydrogen-bond donors (Lipinski definition) is 0. The molecule has 21 heavy (non-hydrogen) atoms. The minimum absolute atomic E-state index is 0. The van der Waals surface area contributed by atoms with E-state index in [9.17, 15) is 0 Å². The summed E-state index contributed by atoms with van der Waals surface area (Å²) < 4.78 is -0.739. The van der Waals surface area contributed by atoms with E-state index in [0.717, 1.165) is 58.8 Å². The van der Waals surface area contributed by atoms with Gasteiger partial charge in [-0.3, -0.25) is 4.90 Å². The number of fused-ring (bicyclic) bond motifs is 3.